The topological polar surface area (TPSA) is 52.2 Å². The van der Waals surface area contributed by atoms with Crippen LogP contribution >= 0.6 is 34.8 Å². The maximum atomic E-state index is 12.2. The lowest BCUT2D eigenvalue weighted by Gasteiger charge is -2.09. The van der Waals surface area contributed by atoms with Crippen LogP contribution in [-0.2, 0) is 7.05 Å². The van der Waals surface area contributed by atoms with Crippen LogP contribution in [0.4, 0.5) is 0 Å². The Morgan fingerprint density at radius 2 is 1.85 bits per heavy atom. The molecule has 0 N–H and O–H groups in total. The Bertz CT molecular complexity index is 679. The van der Waals surface area contributed by atoms with Gasteiger partial charge in [-0.3, -0.25) is 9.59 Å². The van der Waals surface area contributed by atoms with Crippen molar-refractivity contribution in [2.75, 3.05) is 0 Å². The van der Waals surface area contributed by atoms with Crippen molar-refractivity contribution in [3.63, 3.8) is 0 Å². The van der Waals surface area contributed by atoms with Crippen molar-refractivity contribution in [3.05, 3.63) is 47.2 Å². The SMILES string of the molecule is Cc1cc(C(=O)c2cc(C(=O)C(Cl)(Cl)Cl)n(C)c2)co1. The first-order valence-electron chi connectivity index (χ1n) is 5.58. The first kappa shape index (κ1) is 15.2. The zero-order chi connectivity index (χ0) is 15.1. The second-order valence-corrected chi connectivity index (χ2v) is 6.61. The number of hydrogen-bond acceptors (Lipinski definition) is 3. The van der Waals surface area contributed by atoms with Crippen molar-refractivity contribution in [1.82, 2.24) is 4.57 Å². The van der Waals surface area contributed by atoms with Gasteiger partial charge in [-0.25, -0.2) is 0 Å². The van der Waals surface area contributed by atoms with Crippen molar-refractivity contribution >= 4 is 46.4 Å². The lowest BCUT2D eigenvalue weighted by atomic mass is 10.1. The molecular weight excluding hydrogens is 325 g/mol. The molecule has 7 heteroatoms. The lowest BCUT2D eigenvalue weighted by Crippen LogP contribution is -2.21. The summed E-state index contributed by atoms with van der Waals surface area (Å²) in [4.78, 5) is 24.1. The number of carbonyl (C=O) groups excluding carboxylic acids is 2. The molecule has 0 saturated heterocycles. The fourth-order valence-electron chi connectivity index (χ4n) is 1.79. The van der Waals surface area contributed by atoms with E-state index in [9.17, 15) is 9.59 Å². The summed E-state index contributed by atoms with van der Waals surface area (Å²) in [6.07, 6.45) is 2.87. The third-order valence-electron chi connectivity index (χ3n) is 2.75. The predicted octanol–water partition coefficient (Wildman–Crippen LogP) is 3.71. The van der Waals surface area contributed by atoms with Crippen LogP contribution in [0.5, 0.6) is 0 Å². The summed E-state index contributed by atoms with van der Waals surface area (Å²) in [5, 5.41) is 0. The first-order chi connectivity index (χ1) is 9.20. The van der Waals surface area contributed by atoms with E-state index in [0.717, 1.165) is 0 Å². The molecule has 0 aliphatic heterocycles. The van der Waals surface area contributed by atoms with Gasteiger partial charge in [0.05, 0.1) is 11.3 Å². The second-order valence-electron chi connectivity index (χ2n) is 4.33. The molecule has 0 unspecified atom stereocenters. The molecule has 106 valence electrons. The summed E-state index contributed by atoms with van der Waals surface area (Å²) in [5.74, 6) is -0.324. The van der Waals surface area contributed by atoms with Crippen molar-refractivity contribution in [3.8, 4) is 0 Å². The average Bonchev–Trinajstić information content (AvgIpc) is 2.92. The van der Waals surface area contributed by atoms with E-state index in [4.69, 9.17) is 39.2 Å². The minimum Gasteiger partial charge on any atom is -0.469 e. The number of halogens is 3. The molecular formula is C13H10Cl3NO3. The fraction of sp³-hybridized carbons (Fsp3) is 0.231. The molecule has 2 aromatic rings. The van der Waals surface area contributed by atoms with Gasteiger partial charge < -0.3 is 8.98 Å². The molecule has 2 rings (SSSR count). The van der Waals surface area contributed by atoms with Crippen molar-refractivity contribution in [2.45, 2.75) is 10.7 Å². The van der Waals surface area contributed by atoms with Gasteiger partial charge in [-0.05, 0) is 19.1 Å². The largest absolute Gasteiger partial charge is 0.469 e. The predicted molar refractivity (Wildman–Crippen MR) is 76.9 cm³/mol. The van der Waals surface area contributed by atoms with E-state index >= 15 is 0 Å². The molecule has 20 heavy (non-hydrogen) atoms. The molecule has 0 atom stereocenters. The van der Waals surface area contributed by atoms with E-state index in [2.05, 4.69) is 0 Å². The van der Waals surface area contributed by atoms with Crippen LogP contribution in [0.2, 0.25) is 0 Å². The highest BCUT2D eigenvalue weighted by Crippen LogP contribution is 2.31. The molecule has 0 saturated carbocycles. The minimum absolute atomic E-state index is 0.147. The number of Topliss-reactive ketones (excluding diaryl/α,β-unsaturated/α-hetero) is 1. The molecule has 0 spiro atoms. The van der Waals surface area contributed by atoms with Crippen LogP contribution in [0, 0.1) is 6.92 Å². The highest BCUT2D eigenvalue weighted by Gasteiger charge is 2.34. The zero-order valence-electron chi connectivity index (χ0n) is 10.6. The first-order valence-corrected chi connectivity index (χ1v) is 6.71. The summed E-state index contributed by atoms with van der Waals surface area (Å²) in [6, 6.07) is 3.01. The average molecular weight is 335 g/mol. The van der Waals surface area contributed by atoms with Crippen LogP contribution < -0.4 is 0 Å². The Balaban J connectivity index is 2.37. The zero-order valence-corrected chi connectivity index (χ0v) is 12.9. The van der Waals surface area contributed by atoms with E-state index in [0.29, 0.717) is 16.9 Å². The number of hydrogen-bond donors (Lipinski definition) is 0. The van der Waals surface area contributed by atoms with E-state index in [1.54, 1.807) is 20.0 Å². The summed E-state index contributed by atoms with van der Waals surface area (Å²) in [6.45, 7) is 1.74. The van der Waals surface area contributed by atoms with Gasteiger partial charge in [0.1, 0.15) is 12.0 Å². The van der Waals surface area contributed by atoms with Crippen molar-refractivity contribution in [2.24, 2.45) is 7.05 Å². The molecule has 0 amide bonds. The van der Waals surface area contributed by atoms with Gasteiger partial charge in [-0.15, -0.1) is 0 Å². The van der Waals surface area contributed by atoms with E-state index < -0.39 is 9.58 Å². The summed E-state index contributed by atoms with van der Waals surface area (Å²) >= 11 is 16.7. The Hall–Kier alpha value is -1.23. The molecule has 4 nitrogen and oxygen atoms in total. The number of carbonyl (C=O) groups is 2. The van der Waals surface area contributed by atoms with E-state index in [1.807, 2.05) is 0 Å². The van der Waals surface area contributed by atoms with Gasteiger partial charge in [0.2, 0.25) is 5.78 Å². The number of furan rings is 1. The van der Waals surface area contributed by atoms with Gasteiger partial charge in [0, 0.05) is 18.8 Å². The smallest absolute Gasteiger partial charge is 0.255 e. The second kappa shape index (κ2) is 5.28. The highest BCUT2D eigenvalue weighted by molar-refractivity contribution is 6.77. The Kier molecular flexibility index (Phi) is 4.00. The molecule has 0 radical (unpaired) electrons. The molecule has 0 aliphatic rings. The van der Waals surface area contributed by atoms with Gasteiger partial charge in [-0.2, -0.15) is 0 Å². The number of rotatable bonds is 3. The van der Waals surface area contributed by atoms with Gasteiger partial charge >= 0.3 is 0 Å². The van der Waals surface area contributed by atoms with Crippen molar-refractivity contribution < 1.29 is 14.0 Å². The molecule has 0 fully saturated rings. The maximum absolute atomic E-state index is 12.2. The Morgan fingerprint density at radius 3 is 2.35 bits per heavy atom. The summed E-state index contributed by atoms with van der Waals surface area (Å²) < 4.78 is 4.48. The standard InChI is InChI=1S/C13H10Cl3NO3/c1-7-3-9(6-20-7)11(18)8-4-10(17(2)5-8)12(19)13(14,15)16/h3-6H,1-2H3. The third kappa shape index (κ3) is 2.92. The monoisotopic (exact) mass is 333 g/mol. The number of aromatic nitrogens is 1. The number of aryl methyl sites for hydroxylation is 2. The molecule has 2 aromatic heterocycles. The van der Waals surface area contributed by atoms with Crippen LogP contribution in [0.15, 0.2) is 29.0 Å². The molecule has 0 aromatic carbocycles. The highest BCUT2D eigenvalue weighted by atomic mass is 35.6. The van der Waals surface area contributed by atoms with Crippen LogP contribution in [0.25, 0.3) is 0 Å². The van der Waals surface area contributed by atoms with Crippen molar-refractivity contribution in [1.29, 1.82) is 0 Å². The molecule has 2 heterocycles. The van der Waals surface area contributed by atoms with E-state index in [-0.39, 0.29) is 11.5 Å². The normalized spacial score (nSPS) is 11.7. The molecule has 0 aliphatic carbocycles. The Morgan fingerprint density at radius 1 is 1.20 bits per heavy atom. The minimum atomic E-state index is -2.06. The van der Waals surface area contributed by atoms with Crippen LogP contribution in [0.1, 0.15) is 32.2 Å². The summed E-state index contributed by atoms with van der Waals surface area (Å²) in [7, 11) is 1.60. The van der Waals surface area contributed by atoms with Gasteiger partial charge in [-0.1, -0.05) is 34.8 Å². The quantitative estimate of drug-likeness (QED) is 0.635. The number of nitrogens with zero attached hydrogens (tertiary/aromatic N) is 1. The lowest BCUT2D eigenvalue weighted by molar-refractivity contribution is 0.0988. The molecule has 0 bridgehead atoms. The summed E-state index contributed by atoms with van der Waals surface area (Å²) in [5.41, 5.74) is 0.875. The number of ketones is 2. The maximum Gasteiger partial charge on any atom is 0.255 e. The Labute approximate surface area is 130 Å². The van der Waals surface area contributed by atoms with Crippen LogP contribution in [0.3, 0.4) is 0 Å². The fourth-order valence-corrected chi connectivity index (χ4v) is 2.08. The third-order valence-corrected chi connectivity index (χ3v) is 3.26. The van der Waals surface area contributed by atoms with Gasteiger partial charge in [0.15, 0.2) is 5.78 Å². The van der Waals surface area contributed by atoms with Crippen LogP contribution in [-0.4, -0.2) is 19.9 Å². The van der Waals surface area contributed by atoms with Gasteiger partial charge in [0.25, 0.3) is 3.79 Å². The van der Waals surface area contributed by atoms with E-state index in [1.165, 1.54) is 23.1 Å². The number of alkyl halides is 3.